The first-order valence-electron chi connectivity index (χ1n) is 8.76. The number of amides is 1. The van der Waals surface area contributed by atoms with Gasteiger partial charge in [-0.1, -0.05) is 11.8 Å². The molecule has 4 aliphatic rings. The highest BCUT2D eigenvalue weighted by molar-refractivity contribution is 8.01. The Hall–Kier alpha value is -1.61. The van der Waals surface area contributed by atoms with Gasteiger partial charge in [-0.25, -0.2) is 4.98 Å². The molecule has 6 rings (SSSR count). The number of nitrogens with one attached hydrogen (secondary N) is 1. The Balaban J connectivity index is 1.26. The zero-order valence-corrected chi connectivity index (χ0v) is 15.6. The van der Waals surface area contributed by atoms with Crippen LogP contribution in [0.2, 0.25) is 0 Å². The number of hydrogen-bond donors (Lipinski definition) is 1. The molecule has 2 aromatic rings. The molecule has 5 unspecified atom stereocenters. The minimum atomic E-state index is -4.16. The van der Waals surface area contributed by atoms with Gasteiger partial charge in [-0.3, -0.25) is 9.59 Å². The fourth-order valence-corrected chi connectivity index (χ4v) is 6.89. The summed E-state index contributed by atoms with van der Waals surface area (Å²) < 4.78 is 38.2. The molecule has 0 saturated heterocycles. The molecule has 1 heterocycles. The van der Waals surface area contributed by atoms with Crippen LogP contribution >= 0.6 is 23.1 Å². The first kappa shape index (κ1) is 17.5. The van der Waals surface area contributed by atoms with Gasteiger partial charge in [-0.05, 0) is 36.5 Å². The van der Waals surface area contributed by atoms with E-state index >= 15 is 0 Å². The number of anilines is 1. The summed E-state index contributed by atoms with van der Waals surface area (Å²) in [5.41, 5.74) is 1.34. The quantitative estimate of drug-likeness (QED) is 0.742. The van der Waals surface area contributed by atoms with E-state index in [1.807, 2.05) is 0 Å². The second-order valence-electron chi connectivity index (χ2n) is 7.40. The number of rotatable bonds is 5. The molecule has 1 amide bonds. The Kier molecular flexibility index (Phi) is 3.85. The van der Waals surface area contributed by atoms with Gasteiger partial charge in [0, 0.05) is 23.3 Å². The van der Waals surface area contributed by atoms with Crippen molar-refractivity contribution in [3.05, 3.63) is 18.2 Å². The van der Waals surface area contributed by atoms with Gasteiger partial charge in [0.25, 0.3) is 0 Å². The average molecular weight is 412 g/mol. The number of thiazole rings is 1. The summed E-state index contributed by atoms with van der Waals surface area (Å²) in [7, 11) is 0. The fraction of sp³-hybridized carbons (Fsp3) is 0.500. The maximum absolute atomic E-state index is 12.6. The lowest BCUT2D eigenvalue weighted by atomic mass is 9.96. The van der Waals surface area contributed by atoms with Gasteiger partial charge in [-0.2, -0.15) is 13.2 Å². The number of aromatic nitrogens is 1. The normalized spacial score (nSPS) is 30.9. The van der Waals surface area contributed by atoms with Crippen LogP contribution in [0.4, 0.5) is 18.9 Å². The number of nitrogens with zero attached hydrogens (tertiary/aromatic N) is 1. The van der Waals surface area contributed by atoms with Crippen molar-refractivity contribution in [2.45, 2.75) is 23.4 Å². The number of fused-ring (bicyclic) bond motifs is 1. The molecule has 0 radical (unpaired) electrons. The fourth-order valence-electron chi connectivity index (χ4n) is 4.72. The molecule has 142 valence electrons. The van der Waals surface area contributed by atoms with Crippen LogP contribution in [-0.2, 0) is 9.59 Å². The average Bonchev–Trinajstić information content (AvgIpc) is 2.95. The van der Waals surface area contributed by atoms with Crippen molar-refractivity contribution in [2.24, 2.45) is 29.6 Å². The van der Waals surface area contributed by atoms with Crippen LogP contribution in [0.25, 0.3) is 10.2 Å². The summed E-state index contributed by atoms with van der Waals surface area (Å²) in [5.74, 6) is 0.615. The van der Waals surface area contributed by atoms with Crippen molar-refractivity contribution in [1.82, 2.24) is 4.98 Å². The standard InChI is InChI=1S/C18H15F3N2O2S2/c19-18(20,21)3-4-26-17-23-10-2-1-7(5-11(10)27-17)22-16(25)14-9-6-8-12(14)13(8)15(9)24/h1-2,5,8-9,12-14H,3-4,6H2,(H,22,25). The van der Waals surface area contributed by atoms with Gasteiger partial charge in [-0.15, -0.1) is 11.3 Å². The van der Waals surface area contributed by atoms with Crippen molar-refractivity contribution in [2.75, 3.05) is 11.1 Å². The molecular formula is C18H15F3N2O2S2. The van der Waals surface area contributed by atoms with E-state index in [0.717, 1.165) is 22.9 Å². The summed E-state index contributed by atoms with van der Waals surface area (Å²) in [6, 6.07) is 5.30. The lowest BCUT2D eigenvalue weighted by molar-refractivity contribution is -0.129. The molecule has 4 fully saturated rings. The monoisotopic (exact) mass is 412 g/mol. The number of thioether (sulfide) groups is 1. The lowest BCUT2D eigenvalue weighted by Crippen LogP contribution is -2.27. The molecular weight excluding hydrogens is 397 g/mol. The molecule has 1 N–H and O–H groups in total. The number of hydrogen-bond acceptors (Lipinski definition) is 5. The third kappa shape index (κ3) is 2.95. The van der Waals surface area contributed by atoms with Crippen LogP contribution < -0.4 is 5.32 Å². The van der Waals surface area contributed by atoms with Crippen LogP contribution in [0.3, 0.4) is 0 Å². The SMILES string of the molecule is O=C(Nc1ccc2nc(SCCC(F)(F)F)sc2c1)C1C2CC3C(C2=O)C31. The molecule has 9 heteroatoms. The summed E-state index contributed by atoms with van der Waals surface area (Å²) in [6.07, 6.45) is -4.15. The van der Waals surface area contributed by atoms with E-state index in [1.165, 1.54) is 11.3 Å². The Morgan fingerprint density at radius 1 is 1.37 bits per heavy atom. The minimum Gasteiger partial charge on any atom is -0.326 e. The zero-order chi connectivity index (χ0) is 18.9. The van der Waals surface area contributed by atoms with Crippen LogP contribution in [0.1, 0.15) is 12.8 Å². The molecule has 5 atom stereocenters. The smallest absolute Gasteiger partial charge is 0.326 e. The van der Waals surface area contributed by atoms with Crippen molar-refractivity contribution in [3.8, 4) is 0 Å². The zero-order valence-electron chi connectivity index (χ0n) is 14.0. The number of alkyl halides is 3. The third-order valence-corrected chi connectivity index (χ3v) is 8.01. The van der Waals surface area contributed by atoms with Gasteiger partial charge in [0.2, 0.25) is 5.91 Å². The Labute approximate surface area is 160 Å². The molecule has 4 saturated carbocycles. The highest BCUT2D eigenvalue weighted by atomic mass is 32.2. The summed E-state index contributed by atoms with van der Waals surface area (Å²) in [4.78, 5) is 29.0. The Morgan fingerprint density at radius 3 is 2.81 bits per heavy atom. The molecule has 4 bridgehead atoms. The van der Waals surface area contributed by atoms with Crippen molar-refractivity contribution in [1.29, 1.82) is 0 Å². The number of carbonyl (C=O) groups excluding carboxylic acids is 2. The van der Waals surface area contributed by atoms with Gasteiger partial charge in [0.1, 0.15) is 5.78 Å². The van der Waals surface area contributed by atoms with Crippen LogP contribution in [0.15, 0.2) is 22.5 Å². The van der Waals surface area contributed by atoms with E-state index in [1.54, 1.807) is 18.2 Å². The lowest BCUT2D eigenvalue weighted by Gasteiger charge is -2.13. The minimum absolute atomic E-state index is 0.0618. The van der Waals surface area contributed by atoms with Crippen molar-refractivity contribution < 1.29 is 22.8 Å². The second kappa shape index (κ2) is 5.94. The Bertz CT molecular complexity index is 958. The number of ketones is 1. The molecule has 0 aliphatic heterocycles. The van der Waals surface area contributed by atoms with E-state index in [-0.39, 0.29) is 41.1 Å². The van der Waals surface area contributed by atoms with Crippen LogP contribution in [-0.4, -0.2) is 28.6 Å². The molecule has 1 aromatic heterocycles. The second-order valence-corrected chi connectivity index (χ2v) is 9.78. The van der Waals surface area contributed by atoms with Crippen molar-refractivity contribution in [3.63, 3.8) is 0 Å². The molecule has 27 heavy (non-hydrogen) atoms. The first-order valence-corrected chi connectivity index (χ1v) is 10.6. The molecule has 1 aromatic carbocycles. The predicted octanol–water partition coefficient (Wildman–Crippen LogP) is 4.36. The molecule has 0 spiro atoms. The van der Waals surface area contributed by atoms with Crippen LogP contribution in [0.5, 0.6) is 0 Å². The van der Waals surface area contributed by atoms with E-state index in [0.29, 0.717) is 21.5 Å². The predicted molar refractivity (Wildman–Crippen MR) is 96.7 cm³/mol. The van der Waals surface area contributed by atoms with Crippen LogP contribution in [0, 0.1) is 29.6 Å². The topological polar surface area (TPSA) is 59.1 Å². The van der Waals surface area contributed by atoms with Crippen molar-refractivity contribution >= 4 is 50.7 Å². The molecule has 4 aliphatic carbocycles. The number of benzene rings is 1. The summed E-state index contributed by atoms with van der Waals surface area (Å²) in [6.45, 7) is 0. The maximum atomic E-state index is 12.6. The molecule has 4 nitrogen and oxygen atoms in total. The Morgan fingerprint density at radius 2 is 2.19 bits per heavy atom. The maximum Gasteiger partial charge on any atom is 0.389 e. The highest BCUT2D eigenvalue weighted by Gasteiger charge is 2.75. The van der Waals surface area contributed by atoms with E-state index in [4.69, 9.17) is 0 Å². The van der Waals surface area contributed by atoms with E-state index < -0.39 is 12.6 Å². The van der Waals surface area contributed by atoms with Gasteiger partial charge < -0.3 is 5.32 Å². The number of Topliss-reactive ketones (excluding diaryl/α,β-unsaturated/α-hetero) is 1. The first-order chi connectivity index (χ1) is 12.8. The highest BCUT2D eigenvalue weighted by Crippen LogP contribution is 2.71. The summed E-state index contributed by atoms with van der Waals surface area (Å²) >= 11 is 2.41. The van der Waals surface area contributed by atoms with E-state index in [2.05, 4.69) is 10.3 Å². The van der Waals surface area contributed by atoms with Gasteiger partial charge in [0.15, 0.2) is 4.34 Å². The number of carbonyl (C=O) groups is 2. The van der Waals surface area contributed by atoms with E-state index in [9.17, 15) is 22.8 Å². The van der Waals surface area contributed by atoms with Gasteiger partial charge >= 0.3 is 6.18 Å². The summed E-state index contributed by atoms with van der Waals surface area (Å²) in [5, 5.41) is 2.92. The largest absolute Gasteiger partial charge is 0.389 e. The van der Waals surface area contributed by atoms with Gasteiger partial charge in [0.05, 0.1) is 22.6 Å². The third-order valence-electron chi connectivity index (χ3n) is 5.85. The number of halogens is 3.